The van der Waals surface area contributed by atoms with Gasteiger partial charge in [0, 0.05) is 11.4 Å². The first-order valence-electron chi connectivity index (χ1n) is 11.2. The maximum atomic E-state index is 11.8. The molecule has 0 amide bonds. The fourth-order valence-electron chi connectivity index (χ4n) is 3.33. The van der Waals surface area contributed by atoms with Gasteiger partial charge in [-0.3, -0.25) is 4.79 Å². The van der Waals surface area contributed by atoms with Crippen molar-refractivity contribution < 1.29 is 12.4 Å². The number of ether oxygens (including phenoxy) is 1. The molecule has 4 heteroatoms. The molecule has 1 aromatic rings. The number of halogens is 1. The molecule has 0 bridgehead atoms. The van der Waals surface area contributed by atoms with Crippen molar-refractivity contribution in [2.45, 2.75) is 110 Å². The van der Waals surface area contributed by atoms with E-state index in [1.807, 2.05) is 0 Å². The van der Waals surface area contributed by atoms with Gasteiger partial charge in [-0.15, -0.1) is 0 Å². The second kappa shape index (κ2) is 20.5. The molecule has 0 unspecified atom stereocenters. The predicted octanol–water partition coefficient (Wildman–Crippen LogP) is 8.35. The van der Waals surface area contributed by atoms with Crippen LogP contribution in [0, 0.1) is 0 Å². The molecule has 0 fully saturated rings. The van der Waals surface area contributed by atoms with Crippen LogP contribution >= 0.6 is 11.6 Å². The Bertz CT molecular complexity index is 487. The first-order chi connectivity index (χ1) is 13.2. The molecule has 0 aliphatic heterocycles. The molecule has 0 N–H and O–H groups in total. The van der Waals surface area contributed by atoms with Crippen LogP contribution in [-0.2, 0) is 4.79 Å². The maximum Gasteiger partial charge on any atom is 2.00 e. The number of hydrogen-bond donors (Lipinski definition) is 0. The number of rotatable bonds is 17. The first-order valence-corrected chi connectivity index (χ1v) is 11.6. The number of esters is 1. The Kier molecular flexibility index (Phi) is 20.7. The number of carbonyl (C=O) groups excluding carboxylic acids is 1. The molecule has 0 heterocycles. The Labute approximate surface area is 211 Å². The van der Waals surface area contributed by atoms with Crippen LogP contribution in [0.5, 0.6) is 5.75 Å². The van der Waals surface area contributed by atoms with Crippen LogP contribution in [-0.4, -0.2) is 43.7 Å². The first kappa shape index (κ1) is 28.2. The summed E-state index contributed by atoms with van der Waals surface area (Å²) in [5, 5.41) is 0.650. The molecule has 0 radical (unpaired) electrons. The summed E-state index contributed by atoms with van der Waals surface area (Å²) in [5.74, 6) is 0.428. The maximum absolute atomic E-state index is 11.8. The smallest absolute Gasteiger partial charge is 1.00 e. The third-order valence-corrected chi connectivity index (χ3v) is 5.28. The van der Waals surface area contributed by atoms with Gasteiger partial charge in [0.2, 0.25) is 0 Å². The van der Waals surface area contributed by atoms with Crippen molar-refractivity contribution in [1.29, 1.82) is 0 Å². The van der Waals surface area contributed by atoms with E-state index in [1.54, 1.807) is 24.3 Å². The third-order valence-electron chi connectivity index (χ3n) is 5.03. The van der Waals surface area contributed by atoms with Gasteiger partial charge in [-0.05, 0) is 30.7 Å². The van der Waals surface area contributed by atoms with E-state index in [0.717, 1.165) is 12.8 Å². The minimum atomic E-state index is -0.146. The molecular weight excluding hydrogens is 396 g/mol. The van der Waals surface area contributed by atoms with Gasteiger partial charge in [0.25, 0.3) is 0 Å². The van der Waals surface area contributed by atoms with Crippen LogP contribution in [0.25, 0.3) is 0 Å². The SMILES string of the molecule is CCCCCCCCCCCCCCCCCC(=O)Oc1ccc(Cl)cc1.[Ca+2].[H-].[H-]. The summed E-state index contributed by atoms with van der Waals surface area (Å²) in [6.07, 6.45) is 20.5. The fourth-order valence-corrected chi connectivity index (χ4v) is 3.45. The van der Waals surface area contributed by atoms with Crippen molar-refractivity contribution in [3.05, 3.63) is 29.3 Å². The molecule has 0 aromatic heterocycles. The molecule has 1 rings (SSSR count). The summed E-state index contributed by atoms with van der Waals surface area (Å²) in [6.45, 7) is 2.27. The molecule has 0 saturated carbocycles. The van der Waals surface area contributed by atoms with Crippen LogP contribution in [0.15, 0.2) is 24.3 Å². The van der Waals surface area contributed by atoms with Crippen LogP contribution < -0.4 is 4.74 Å². The van der Waals surface area contributed by atoms with Crippen molar-refractivity contribution in [1.82, 2.24) is 0 Å². The summed E-state index contributed by atoms with van der Waals surface area (Å²) in [5.41, 5.74) is 0. The Morgan fingerprint density at radius 3 is 1.57 bits per heavy atom. The van der Waals surface area contributed by atoms with Gasteiger partial charge >= 0.3 is 43.7 Å². The normalized spacial score (nSPS) is 10.5. The van der Waals surface area contributed by atoms with E-state index in [4.69, 9.17) is 16.3 Å². The van der Waals surface area contributed by atoms with Crippen LogP contribution in [0.1, 0.15) is 113 Å². The molecule has 0 aliphatic carbocycles. The van der Waals surface area contributed by atoms with Gasteiger partial charge < -0.3 is 7.59 Å². The van der Waals surface area contributed by atoms with Crippen LogP contribution in [0.2, 0.25) is 5.02 Å². The molecule has 1 aromatic carbocycles. The zero-order chi connectivity index (χ0) is 19.6. The van der Waals surface area contributed by atoms with E-state index >= 15 is 0 Å². The van der Waals surface area contributed by atoms with Gasteiger partial charge in [0.05, 0.1) is 0 Å². The van der Waals surface area contributed by atoms with Crippen LogP contribution in [0.3, 0.4) is 0 Å². The van der Waals surface area contributed by atoms with E-state index in [9.17, 15) is 4.79 Å². The summed E-state index contributed by atoms with van der Waals surface area (Å²) in [7, 11) is 0. The van der Waals surface area contributed by atoms with Crippen LogP contribution in [0.4, 0.5) is 0 Å². The van der Waals surface area contributed by atoms with E-state index < -0.39 is 0 Å². The Morgan fingerprint density at radius 1 is 0.750 bits per heavy atom. The standard InChI is InChI=1S/C24H39ClO2.Ca.2H/c1-2-3-4-5-6-7-8-9-10-11-12-13-14-15-16-17-24(26)27-23-20-18-22(25)19-21-23;;;/h18-21H,2-17H2,1H3;;;/q;+2;2*-1. The minimum Gasteiger partial charge on any atom is -1.00 e. The number of hydrogen-bond acceptors (Lipinski definition) is 2. The number of unbranched alkanes of at least 4 members (excludes halogenated alkanes) is 14. The summed E-state index contributed by atoms with van der Waals surface area (Å²) in [6, 6.07) is 6.93. The monoisotopic (exact) mass is 436 g/mol. The second-order valence-corrected chi connectivity index (χ2v) is 8.06. The molecule has 158 valence electrons. The third kappa shape index (κ3) is 17.1. The van der Waals surface area contributed by atoms with Gasteiger partial charge in [-0.1, -0.05) is 108 Å². The van der Waals surface area contributed by atoms with Gasteiger partial charge in [0.15, 0.2) is 0 Å². The van der Waals surface area contributed by atoms with E-state index in [2.05, 4.69) is 6.92 Å². The molecular formula is C24H41CaClO2. The molecule has 0 atom stereocenters. The topological polar surface area (TPSA) is 26.3 Å². The summed E-state index contributed by atoms with van der Waals surface area (Å²) in [4.78, 5) is 11.8. The summed E-state index contributed by atoms with van der Waals surface area (Å²) >= 11 is 5.81. The fraction of sp³-hybridized carbons (Fsp3) is 0.708. The van der Waals surface area contributed by atoms with Gasteiger partial charge in [-0.25, -0.2) is 0 Å². The zero-order valence-electron chi connectivity index (χ0n) is 20.0. The second-order valence-electron chi connectivity index (χ2n) is 7.63. The minimum absolute atomic E-state index is 0. The quantitative estimate of drug-likeness (QED) is 0.106. The molecule has 0 aliphatic rings. The molecule has 0 spiro atoms. The van der Waals surface area contributed by atoms with Crippen molar-refractivity contribution in [3.8, 4) is 5.75 Å². The zero-order valence-corrected chi connectivity index (χ0v) is 21.0. The molecule has 0 saturated heterocycles. The van der Waals surface area contributed by atoms with E-state index in [1.165, 1.54) is 83.5 Å². The van der Waals surface area contributed by atoms with E-state index in [-0.39, 0.29) is 46.6 Å². The Balaban J connectivity index is -0.00000243. The average molecular weight is 437 g/mol. The van der Waals surface area contributed by atoms with Crippen molar-refractivity contribution in [2.75, 3.05) is 0 Å². The van der Waals surface area contributed by atoms with Crippen molar-refractivity contribution >= 4 is 55.3 Å². The van der Waals surface area contributed by atoms with Crippen molar-refractivity contribution in [2.24, 2.45) is 0 Å². The Morgan fingerprint density at radius 2 is 1.14 bits per heavy atom. The van der Waals surface area contributed by atoms with E-state index in [0.29, 0.717) is 17.2 Å². The largest absolute Gasteiger partial charge is 2.00 e. The number of benzene rings is 1. The van der Waals surface area contributed by atoms with Gasteiger partial charge in [-0.2, -0.15) is 0 Å². The molecule has 28 heavy (non-hydrogen) atoms. The van der Waals surface area contributed by atoms with Gasteiger partial charge in [0.1, 0.15) is 5.75 Å². The predicted molar refractivity (Wildman–Crippen MR) is 125 cm³/mol. The number of carbonyl (C=O) groups is 1. The molecule has 2 nitrogen and oxygen atoms in total. The summed E-state index contributed by atoms with van der Waals surface area (Å²) < 4.78 is 5.29. The Hall–Kier alpha value is 0.240. The van der Waals surface area contributed by atoms with Crippen molar-refractivity contribution in [3.63, 3.8) is 0 Å². The average Bonchev–Trinajstić information content (AvgIpc) is 2.66.